The van der Waals surface area contributed by atoms with Gasteiger partial charge >= 0.3 is 0 Å². The van der Waals surface area contributed by atoms with Gasteiger partial charge in [-0.2, -0.15) is 0 Å². The Morgan fingerprint density at radius 3 is 2.80 bits per heavy atom. The van der Waals surface area contributed by atoms with Crippen molar-refractivity contribution in [1.29, 1.82) is 0 Å². The second kappa shape index (κ2) is 4.93. The number of sulfonamides is 1. The molecule has 0 saturated carbocycles. The van der Waals surface area contributed by atoms with Gasteiger partial charge < -0.3 is 10.8 Å². The second-order valence-electron chi connectivity index (χ2n) is 3.23. The molecule has 0 aliphatic rings. The molecule has 0 aliphatic carbocycles. The summed E-state index contributed by atoms with van der Waals surface area (Å²) in [6, 6.07) is 1.13. The average molecular weight is 250 g/mol. The lowest BCUT2D eigenvalue weighted by Gasteiger charge is -2.11. The van der Waals surface area contributed by atoms with Gasteiger partial charge in [0.1, 0.15) is 4.21 Å². The second-order valence-corrected chi connectivity index (χ2v) is 6.09. The fourth-order valence-electron chi connectivity index (χ4n) is 1.05. The van der Waals surface area contributed by atoms with Crippen LogP contribution in [0.1, 0.15) is 13.3 Å². The van der Waals surface area contributed by atoms with Crippen LogP contribution in [0.25, 0.3) is 0 Å². The molecular weight excluding hydrogens is 236 g/mol. The topological polar surface area (TPSA) is 92.4 Å². The molecule has 1 aromatic heterocycles. The molecule has 0 radical (unpaired) electrons. The Bertz CT molecular complexity index is 413. The number of anilines is 1. The molecule has 5 nitrogen and oxygen atoms in total. The van der Waals surface area contributed by atoms with Crippen LogP contribution in [0.4, 0.5) is 5.69 Å². The molecule has 15 heavy (non-hydrogen) atoms. The number of aliphatic hydroxyl groups is 1. The van der Waals surface area contributed by atoms with Gasteiger partial charge in [-0.3, -0.25) is 0 Å². The zero-order chi connectivity index (χ0) is 11.5. The summed E-state index contributed by atoms with van der Waals surface area (Å²) < 4.78 is 26.0. The third-order valence-corrected chi connectivity index (χ3v) is 4.83. The fourth-order valence-corrected chi connectivity index (χ4v) is 3.42. The molecule has 0 spiro atoms. The van der Waals surface area contributed by atoms with Crippen molar-refractivity contribution in [2.75, 3.05) is 12.3 Å². The summed E-state index contributed by atoms with van der Waals surface area (Å²) in [6.07, 6.45) is 0.389. The van der Waals surface area contributed by atoms with E-state index in [-0.39, 0.29) is 16.9 Å². The summed E-state index contributed by atoms with van der Waals surface area (Å²) in [6.45, 7) is 1.65. The van der Waals surface area contributed by atoms with Crippen LogP contribution in [0.5, 0.6) is 0 Å². The van der Waals surface area contributed by atoms with Crippen molar-refractivity contribution < 1.29 is 13.5 Å². The Labute approximate surface area is 93.0 Å². The van der Waals surface area contributed by atoms with Crippen LogP contribution in [0, 0.1) is 0 Å². The molecule has 0 bridgehead atoms. The van der Waals surface area contributed by atoms with Gasteiger partial charge in [0.25, 0.3) is 0 Å². The molecule has 0 fully saturated rings. The molecule has 0 saturated heterocycles. The Hall–Kier alpha value is -0.630. The van der Waals surface area contributed by atoms with Crippen LogP contribution in [0.3, 0.4) is 0 Å². The number of nitrogens with two attached hydrogens (primary N) is 1. The SMILES string of the molecule is CC(CCO)NS(=O)(=O)c1cc(N)cs1. The first-order valence-corrected chi connectivity index (χ1v) is 6.79. The minimum absolute atomic E-state index is 0.0454. The van der Waals surface area contributed by atoms with E-state index in [0.29, 0.717) is 12.1 Å². The number of nitrogens with one attached hydrogen (secondary N) is 1. The number of hydrogen-bond donors (Lipinski definition) is 3. The van der Waals surface area contributed by atoms with Crippen LogP contribution in [0.2, 0.25) is 0 Å². The average Bonchev–Trinajstić information content (AvgIpc) is 2.51. The van der Waals surface area contributed by atoms with Crippen LogP contribution in [-0.4, -0.2) is 26.2 Å². The van der Waals surface area contributed by atoms with E-state index in [4.69, 9.17) is 10.8 Å². The van der Waals surface area contributed by atoms with Gasteiger partial charge in [-0.25, -0.2) is 13.1 Å². The third kappa shape index (κ3) is 3.45. The van der Waals surface area contributed by atoms with E-state index in [1.165, 1.54) is 6.07 Å². The largest absolute Gasteiger partial charge is 0.398 e. The first-order chi connectivity index (χ1) is 6.95. The van der Waals surface area contributed by atoms with E-state index in [2.05, 4.69) is 4.72 Å². The molecule has 86 valence electrons. The maximum absolute atomic E-state index is 11.7. The van der Waals surface area contributed by atoms with E-state index in [1.807, 2.05) is 0 Å². The lowest BCUT2D eigenvalue weighted by molar-refractivity contribution is 0.275. The van der Waals surface area contributed by atoms with Crippen molar-refractivity contribution in [2.45, 2.75) is 23.6 Å². The summed E-state index contributed by atoms with van der Waals surface area (Å²) >= 11 is 1.08. The molecule has 4 N–H and O–H groups in total. The molecule has 1 atom stereocenters. The standard InChI is InChI=1S/C8H14N2O3S2/c1-6(2-3-11)10-15(12,13)8-4-7(9)5-14-8/h4-6,10-11H,2-3,9H2,1H3. The molecule has 1 heterocycles. The van der Waals surface area contributed by atoms with Crippen LogP contribution < -0.4 is 10.5 Å². The minimum atomic E-state index is -3.48. The van der Waals surface area contributed by atoms with Crippen molar-refractivity contribution in [3.63, 3.8) is 0 Å². The number of aliphatic hydroxyl groups excluding tert-OH is 1. The number of rotatable bonds is 5. The summed E-state index contributed by atoms with van der Waals surface area (Å²) in [5.74, 6) is 0. The van der Waals surface area contributed by atoms with Gasteiger partial charge in [0, 0.05) is 23.7 Å². The van der Waals surface area contributed by atoms with Crippen molar-refractivity contribution in [3.8, 4) is 0 Å². The highest BCUT2D eigenvalue weighted by Crippen LogP contribution is 2.21. The molecule has 7 heteroatoms. The third-order valence-electron chi connectivity index (χ3n) is 1.78. The summed E-state index contributed by atoms with van der Waals surface area (Å²) in [5, 5.41) is 10.2. The van der Waals surface area contributed by atoms with Gasteiger partial charge in [0.15, 0.2) is 0 Å². The normalized spacial score (nSPS) is 14.0. The highest BCUT2D eigenvalue weighted by molar-refractivity contribution is 7.91. The maximum atomic E-state index is 11.7. The first-order valence-electron chi connectivity index (χ1n) is 4.43. The van der Waals surface area contributed by atoms with Crippen LogP contribution in [-0.2, 0) is 10.0 Å². The fraction of sp³-hybridized carbons (Fsp3) is 0.500. The number of thiophene rings is 1. The van der Waals surface area contributed by atoms with E-state index in [0.717, 1.165) is 11.3 Å². The summed E-state index contributed by atoms with van der Waals surface area (Å²) in [7, 11) is -3.48. The van der Waals surface area contributed by atoms with Crippen LogP contribution in [0.15, 0.2) is 15.7 Å². The molecule has 0 amide bonds. The molecule has 1 unspecified atom stereocenters. The maximum Gasteiger partial charge on any atom is 0.250 e. The molecule has 0 aromatic carbocycles. The zero-order valence-electron chi connectivity index (χ0n) is 8.30. The van der Waals surface area contributed by atoms with Gasteiger partial charge in [-0.15, -0.1) is 11.3 Å². The Morgan fingerprint density at radius 2 is 2.33 bits per heavy atom. The van der Waals surface area contributed by atoms with Gasteiger partial charge in [0.05, 0.1) is 0 Å². The first kappa shape index (κ1) is 12.4. The Morgan fingerprint density at radius 1 is 1.67 bits per heavy atom. The lowest BCUT2D eigenvalue weighted by atomic mass is 10.3. The van der Waals surface area contributed by atoms with Gasteiger partial charge in [0.2, 0.25) is 10.0 Å². The lowest BCUT2D eigenvalue weighted by Crippen LogP contribution is -2.32. The van der Waals surface area contributed by atoms with Crippen molar-refractivity contribution in [1.82, 2.24) is 4.72 Å². The summed E-state index contributed by atoms with van der Waals surface area (Å²) in [4.78, 5) is 0. The van der Waals surface area contributed by atoms with E-state index < -0.39 is 10.0 Å². The minimum Gasteiger partial charge on any atom is -0.398 e. The predicted octanol–water partition coefficient (Wildman–Crippen LogP) is 0.379. The van der Waals surface area contributed by atoms with Gasteiger partial charge in [-0.05, 0) is 19.4 Å². The smallest absolute Gasteiger partial charge is 0.250 e. The number of hydrogen-bond acceptors (Lipinski definition) is 5. The Balaban J connectivity index is 2.76. The van der Waals surface area contributed by atoms with Crippen molar-refractivity contribution >= 4 is 27.0 Å². The van der Waals surface area contributed by atoms with Crippen molar-refractivity contribution in [2.24, 2.45) is 0 Å². The zero-order valence-corrected chi connectivity index (χ0v) is 9.94. The van der Waals surface area contributed by atoms with E-state index in [1.54, 1.807) is 12.3 Å². The highest BCUT2D eigenvalue weighted by atomic mass is 32.2. The highest BCUT2D eigenvalue weighted by Gasteiger charge is 2.18. The predicted molar refractivity (Wildman–Crippen MR) is 60.2 cm³/mol. The Kier molecular flexibility index (Phi) is 4.09. The molecule has 0 aliphatic heterocycles. The molecular formula is C8H14N2O3S2. The van der Waals surface area contributed by atoms with Gasteiger partial charge in [-0.1, -0.05) is 0 Å². The van der Waals surface area contributed by atoms with E-state index >= 15 is 0 Å². The van der Waals surface area contributed by atoms with E-state index in [9.17, 15) is 8.42 Å². The monoisotopic (exact) mass is 250 g/mol. The van der Waals surface area contributed by atoms with Crippen molar-refractivity contribution in [3.05, 3.63) is 11.4 Å². The molecule has 1 rings (SSSR count). The number of nitrogen functional groups attached to an aromatic ring is 1. The molecule has 1 aromatic rings. The quantitative estimate of drug-likeness (QED) is 0.704. The van der Waals surface area contributed by atoms with Crippen LogP contribution >= 0.6 is 11.3 Å². The summed E-state index contributed by atoms with van der Waals surface area (Å²) in [5.41, 5.74) is 5.88.